The van der Waals surface area contributed by atoms with Crippen LogP contribution in [-0.2, 0) is 11.2 Å². The average Bonchev–Trinajstić information content (AvgIpc) is 2.86. The Morgan fingerprint density at radius 3 is 2.12 bits per heavy atom. The highest BCUT2D eigenvalue weighted by Gasteiger charge is 2.24. The summed E-state index contributed by atoms with van der Waals surface area (Å²) in [6.07, 6.45) is 0.231. The fourth-order valence-corrected chi connectivity index (χ4v) is 3.43. The second-order valence-corrected chi connectivity index (χ2v) is 7.60. The molecule has 1 atom stereocenters. The fraction of sp³-hybridized carbons (Fsp3) is 0.0714. The maximum atomic E-state index is 14.1. The minimum Gasteiger partial charge on any atom is -0.455 e. The van der Waals surface area contributed by atoms with E-state index in [2.05, 4.69) is 10.6 Å². The van der Waals surface area contributed by atoms with Gasteiger partial charge in [-0.15, -0.1) is 0 Å². The maximum absolute atomic E-state index is 14.1. The van der Waals surface area contributed by atoms with Gasteiger partial charge in [-0.25, -0.2) is 4.39 Å². The molecule has 0 saturated carbocycles. The van der Waals surface area contributed by atoms with Gasteiger partial charge in [0.25, 0.3) is 5.91 Å². The first kappa shape index (κ1) is 22.7. The Balaban J connectivity index is 1.56. The van der Waals surface area contributed by atoms with Gasteiger partial charge in [0, 0.05) is 6.42 Å². The Morgan fingerprint density at radius 2 is 1.38 bits per heavy atom. The number of amides is 2. The Labute approximate surface area is 197 Å². The number of carbonyl (C=O) groups is 2. The number of halogens is 1. The molecule has 2 N–H and O–H groups in total. The Hall–Kier alpha value is -4.45. The maximum Gasteiger partial charge on any atom is 0.254 e. The number of ether oxygens (including phenoxy) is 1. The van der Waals surface area contributed by atoms with Gasteiger partial charge < -0.3 is 15.4 Å². The smallest absolute Gasteiger partial charge is 0.254 e. The van der Waals surface area contributed by atoms with Crippen LogP contribution in [-0.4, -0.2) is 17.9 Å². The molecule has 1 unspecified atom stereocenters. The minimum absolute atomic E-state index is 0.124. The molecule has 0 aliphatic rings. The molecular weight excluding hydrogens is 431 g/mol. The summed E-state index contributed by atoms with van der Waals surface area (Å²) in [7, 11) is 0. The van der Waals surface area contributed by atoms with Crippen molar-refractivity contribution >= 4 is 17.5 Å². The van der Waals surface area contributed by atoms with Crippen LogP contribution >= 0.6 is 0 Å². The van der Waals surface area contributed by atoms with Crippen molar-refractivity contribution in [1.29, 1.82) is 0 Å². The van der Waals surface area contributed by atoms with E-state index in [0.29, 0.717) is 17.2 Å². The molecule has 4 aromatic carbocycles. The lowest BCUT2D eigenvalue weighted by atomic mass is 10.0. The highest BCUT2D eigenvalue weighted by molar-refractivity contribution is 6.02. The quantitative estimate of drug-likeness (QED) is 0.364. The second-order valence-electron chi connectivity index (χ2n) is 7.60. The predicted molar refractivity (Wildman–Crippen MR) is 129 cm³/mol. The number of hydrogen-bond donors (Lipinski definition) is 2. The highest BCUT2D eigenvalue weighted by Crippen LogP contribution is 2.29. The van der Waals surface area contributed by atoms with Gasteiger partial charge in [0.15, 0.2) is 5.75 Å². The van der Waals surface area contributed by atoms with Crippen LogP contribution < -0.4 is 15.4 Å². The number of benzene rings is 4. The normalized spacial score (nSPS) is 11.3. The van der Waals surface area contributed by atoms with Crippen LogP contribution in [0.4, 0.5) is 10.1 Å². The first-order chi connectivity index (χ1) is 16.6. The monoisotopic (exact) mass is 454 g/mol. The number of nitrogens with one attached hydrogen (secondary N) is 2. The zero-order chi connectivity index (χ0) is 23.8. The van der Waals surface area contributed by atoms with E-state index < -0.39 is 23.7 Å². The highest BCUT2D eigenvalue weighted by atomic mass is 19.1. The van der Waals surface area contributed by atoms with Gasteiger partial charge >= 0.3 is 0 Å². The molecule has 34 heavy (non-hydrogen) atoms. The second kappa shape index (κ2) is 10.9. The predicted octanol–water partition coefficient (Wildman–Crippen LogP) is 5.60. The number of anilines is 1. The molecule has 4 aromatic rings. The van der Waals surface area contributed by atoms with Crippen LogP contribution in [0, 0.1) is 5.82 Å². The van der Waals surface area contributed by atoms with Crippen molar-refractivity contribution < 1.29 is 18.7 Å². The van der Waals surface area contributed by atoms with E-state index in [1.165, 1.54) is 18.2 Å². The summed E-state index contributed by atoms with van der Waals surface area (Å²) in [5, 5.41) is 5.53. The van der Waals surface area contributed by atoms with E-state index >= 15 is 0 Å². The van der Waals surface area contributed by atoms with Gasteiger partial charge in [-0.2, -0.15) is 0 Å². The molecule has 0 bridgehead atoms. The molecule has 0 aromatic heterocycles. The third-order valence-electron chi connectivity index (χ3n) is 5.14. The van der Waals surface area contributed by atoms with E-state index in [9.17, 15) is 14.0 Å². The van der Waals surface area contributed by atoms with Crippen molar-refractivity contribution in [2.45, 2.75) is 12.5 Å². The Kier molecular flexibility index (Phi) is 7.30. The summed E-state index contributed by atoms with van der Waals surface area (Å²) in [5.74, 6) is -0.681. The molecule has 6 heteroatoms. The van der Waals surface area contributed by atoms with E-state index in [4.69, 9.17) is 4.74 Å². The number of hydrogen-bond acceptors (Lipinski definition) is 3. The van der Waals surface area contributed by atoms with Gasteiger partial charge in [0.1, 0.15) is 17.6 Å². The van der Waals surface area contributed by atoms with E-state index in [1.807, 2.05) is 60.7 Å². The average molecular weight is 455 g/mol. The van der Waals surface area contributed by atoms with E-state index in [1.54, 1.807) is 30.3 Å². The lowest BCUT2D eigenvalue weighted by molar-refractivity contribution is -0.118. The third-order valence-corrected chi connectivity index (χ3v) is 5.14. The summed E-state index contributed by atoms with van der Waals surface area (Å²) in [6, 6.07) is 30.3. The van der Waals surface area contributed by atoms with Gasteiger partial charge in [0.2, 0.25) is 5.91 Å². The Bertz CT molecular complexity index is 1260. The van der Waals surface area contributed by atoms with Gasteiger partial charge in [0.05, 0.1) is 11.3 Å². The van der Waals surface area contributed by atoms with Crippen molar-refractivity contribution in [3.05, 3.63) is 126 Å². The van der Waals surface area contributed by atoms with Crippen LogP contribution in [0.3, 0.4) is 0 Å². The van der Waals surface area contributed by atoms with Crippen LogP contribution in [0.1, 0.15) is 15.9 Å². The van der Waals surface area contributed by atoms with Gasteiger partial charge in [-0.05, 0) is 42.0 Å². The fourth-order valence-electron chi connectivity index (χ4n) is 3.43. The van der Waals surface area contributed by atoms with Crippen LogP contribution in [0.2, 0.25) is 0 Å². The van der Waals surface area contributed by atoms with Crippen molar-refractivity contribution in [3.63, 3.8) is 0 Å². The van der Waals surface area contributed by atoms with Crippen molar-refractivity contribution in [1.82, 2.24) is 5.32 Å². The molecule has 4 rings (SSSR count). The van der Waals surface area contributed by atoms with Crippen LogP contribution in [0.25, 0.3) is 0 Å². The van der Waals surface area contributed by atoms with E-state index in [0.717, 1.165) is 5.56 Å². The molecule has 0 aliphatic carbocycles. The van der Waals surface area contributed by atoms with Crippen molar-refractivity contribution in [3.8, 4) is 11.5 Å². The first-order valence-corrected chi connectivity index (χ1v) is 10.8. The molecule has 0 fully saturated rings. The number of rotatable bonds is 8. The van der Waals surface area contributed by atoms with Crippen LogP contribution in [0.15, 0.2) is 109 Å². The zero-order valence-corrected chi connectivity index (χ0v) is 18.3. The summed E-state index contributed by atoms with van der Waals surface area (Å²) in [6.45, 7) is 0. The molecule has 0 aliphatic heterocycles. The van der Waals surface area contributed by atoms with Crippen LogP contribution in [0.5, 0.6) is 11.5 Å². The lowest BCUT2D eigenvalue weighted by Crippen LogP contribution is -2.45. The molecule has 2 amide bonds. The zero-order valence-electron chi connectivity index (χ0n) is 18.3. The van der Waals surface area contributed by atoms with Crippen molar-refractivity contribution in [2.24, 2.45) is 0 Å². The molecule has 0 saturated heterocycles. The SMILES string of the molecule is O=C(NC(Cc1ccccc1)C(=O)Nc1ccccc1Oc1ccccc1)c1ccccc1F. The summed E-state index contributed by atoms with van der Waals surface area (Å²) in [5.41, 5.74) is 1.18. The van der Waals surface area contributed by atoms with Gasteiger partial charge in [-0.3, -0.25) is 9.59 Å². The van der Waals surface area contributed by atoms with E-state index in [-0.39, 0.29) is 12.0 Å². The Morgan fingerprint density at radius 1 is 0.765 bits per heavy atom. The standard InChI is InChI=1S/C28H23FN2O3/c29-23-16-8-7-15-22(23)27(32)31-25(19-20-11-3-1-4-12-20)28(33)30-24-17-9-10-18-26(24)34-21-13-5-2-6-14-21/h1-18,25H,19H2,(H,30,33)(H,31,32). The molecule has 0 radical (unpaired) electrons. The molecule has 5 nitrogen and oxygen atoms in total. The molecule has 0 heterocycles. The third kappa shape index (κ3) is 5.86. The minimum atomic E-state index is -0.945. The summed E-state index contributed by atoms with van der Waals surface area (Å²) in [4.78, 5) is 26.1. The summed E-state index contributed by atoms with van der Waals surface area (Å²) >= 11 is 0. The largest absolute Gasteiger partial charge is 0.455 e. The number of carbonyl (C=O) groups excluding carboxylic acids is 2. The molecule has 170 valence electrons. The number of para-hydroxylation sites is 3. The van der Waals surface area contributed by atoms with Gasteiger partial charge in [-0.1, -0.05) is 72.8 Å². The summed E-state index contributed by atoms with van der Waals surface area (Å²) < 4.78 is 20.1. The topological polar surface area (TPSA) is 67.4 Å². The molecule has 0 spiro atoms. The lowest BCUT2D eigenvalue weighted by Gasteiger charge is -2.20. The first-order valence-electron chi connectivity index (χ1n) is 10.8. The molecular formula is C28H23FN2O3. The van der Waals surface area contributed by atoms with Crippen molar-refractivity contribution in [2.75, 3.05) is 5.32 Å².